The summed E-state index contributed by atoms with van der Waals surface area (Å²) in [4.78, 5) is 31.0. The summed E-state index contributed by atoms with van der Waals surface area (Å²) in [6, 6.07) is 13.6. The lowest BCUT2D eigenvalue weighted by atomic mass is 9.97. The fraction of sp³-hybridized carbons (Fsp3) is 0.375. The number of fused-ring (bicyclic) bond motifs is 2. The number of aliphatic imine (C=N–C) groups is 1. The molecule has 0 aliphatic carbocycles. The van der Waals surface area contributed by atoms with Crippen molar-refractivity contribution in [2.24, 2.45) is 4.99 Å². The number of carbonyl (C=O) groups excluding carboxylic acids is 2. The van der Waals surface area contributed by atoms with E-state index in [0.29, 0.717) is 11.1 Å². The minimum absolute atomic E-state index is 0.262. The van der Waals surface area contributed by atoms with E-state index in [1.165, 1.54) is 0 Å². The van der Waals surface area contributed by atoms with Crippen molar-refractivity contribution >= 4 is 18.0 Å². The zero-order chi connectivity index (χ0) is 20.6. The van der Waals surface area contributed by atoms with Gasteiger partial charge in [0.25, 0.3) is 11.8 Å². The molecule has 2 amide bonds. The molecule has 1 N–H and O–H groups in total. The van der Waals surface area contributed by atoms with E-state index in [-0.39, 0.29) is 11.8 Å². The smallest absolute Gasteiger partial charge is 0.259 e. The van der Waals surface area contributed by atoms with Crippen LogP contribution in [-0.4, -0.2) is 48.3 Å². The Balaban J connectivity index is 1.11. The first-order chi connectivity index (χ1) is 14.6. The average Bonchev–Trinajstić information content (AvgIpc) is 3.07. The number of hydrogen-bond donors (Lipinski definition) is 1. The van der Waals surface area contributed by atoms with E-state index >= 15 is 0 Å². The summed E-state index contributed by atoms with van der Waals surface area (Å²) in [5.41, 5.74) is 2.68. The van der Waals surface area contributed by atoms with Crippen LogP contribution in [0.2, 0.25) is 0 Å². The summed E-state index contributed by atoms with van der Waals surface area (Å²) in [7, 11) is 0. The third-order valence-electron chi connectivity index (χ3n) is 6.32. The van der Waals surface area contributed by atoms with Crippen LogP contribution in [0.5, 0.6) is 5.75 Å². The van der Waals surface area contributed by atoms with Crippen LogP contribution in [0.4, 0.5) is 0 Å². The zero-order valence-electron chi connectivity index (χ0n) is 16.9. The number of imide groups is 1. The van der Waals surface area contributed by atoms with Crippen LogP contribution in [0.1, 0.15) is 57.5 Å². The number of piperidine rings is 1. The number of carbonyl (C=O) groups is 2. The normalized spacial score (nSPS) is 19.3. The highest BCUT2D eigenvalue weighted by Gasteiger charge is 2.38. The molecule has 1 fully saturated rings. The zero-order valence-corrected chi connectivity index (χ0v) is 16.9. The molecule has 0 bridgehead atoms. The van der Waals surface area contributed by atoms with Gasteiger partial charge >= 0.3 is 0 Å². The molecule has 5 rings (SSSR count). The Bertz CT molecular complexity index is 1020. The first kappa shape index (κ1) is 19.0. The number of ether oxygens (including phenoxy) is 1. The van der Waals surface area contributed by atoms with Gasteiger partial charge in [-0.1, -0.05) is 24.3 Å². The fourth-order valence-electron chi connectivity index (χ4n) is 4.61. The van der Waals surface area contributed by atoms with Crippen molar-refractivity contribution in [3.05, 3.63) is 64.7 Å². The molecule has 3 aliphatic rings. The van der Waals surface area contributed by atoms with Gasteiger partial charge in [-0.2, -0.15) is 0 Å². The molecule has 2 aromatic carbocycles. The summed E-state index contributed by atoms with van der Waals surface area (Å²) in [6.07, 6.45) is 6.60. The molecule has 6 heteroatoms. The van der Waals surface area contributed by atoms with E-state index < -0.39 is 5.72 Å². The van der Waals surface area contributed by atoms with Crippen LogP contribution in [0.15, 0.2) is 47.5 Å². The van der Waals surface area contributed by atoms with Crippen molar-refractivity contribution in [1.29, 1.82) is 0 Å². The highest BCUT2D eigenvalue weighted by Crippen LogP contribution is 2.34. The third kappa shape index (κ3) is 3.52. The van der Waals surface area contributed by atoms with Crippen molar-refractivity contribution in [3.63, 3.8) is 0 Å². The lowest BCUT2D eigenvalue weighted by Gasteiger charge is -2.40. The Morgan fingerprint density at radius 3 is 2.70 bits per heavy atom. The second kappa shape index (κ2) is 7.69. The van der Waals surface area contributed by atoms with Gasteiger partial charge in [0.2, 0.25) is 5.72 Å². The average molecular weight is 403 g/mol. The number of rotatable bonds is 5. The van der Waals surface area contributed by atoms with Gasteiger partial charge in [-0.05, 0) is 49.6 Å². The number of unbranched alkanes of at least 4 members (excludes halogenated alkanes) is 1. The number of para-hydroxylation sites is 1. The van der Waals surface area contributed by atoms with E-state index in [1.807, 2.05) is 42.6 Å². The van der Waals surface area contributed by atoms with Crippen molar-refractivity contribution in [2.45, 2.75) is 37.8 Å². The first-order valence-corrected chi connectivity index (χ1v) is 10.7. The molecular weight excluding hydrogens is 378 g/mol. The van der Waals surface area contributed by atoms with Crippen molar-refractivity contribution in [1.82, 2.24) is 10.2 Å². The maximum Gasteiger partial charge on any atom is 0.259 e. The van der Waals surface area contributed by atoms with Gasteiger partial charge in [-0.3, -0.25) is 14.9 Å². The SMILES string of the molecule is O=C1NC(=O)c2c(CCCCN3CCC4(CC3)N=Cc3ccccc3O4)cccc21. The topological polar surface area (TPSA) is 71.0 Å². The van der Waals surface area contributed by atoms with Crippen LogP contribution in [0.3, 0.4) is 0 Å². The highest BCUT2D eigenvalue weighted by molar-refractivity contribution is 6.22. The molecule has 0 unspecified atom stereocenters. The van der Waals surface area contributed by atoms with E-state index in [1.54, 1.807) is 6.07 Å². The Hall–Kier alpha value is -2.99. The molecular formula is C24H25N3O3. The van der Waals surface area contributed by atoms with Gasteiger partial charge in [0.05, 0.1) is 11.1 Å². The minimum atomic E-state index is -0.407. The standard InChI is InChI=1S/C24H25N3O3/c28-22-19-9-5-8-17(21(19)23(29)26-22)6-3-4-13-27-14-11-24(12-15-27)25-16-18-7-1-2-10-20(18)30-24/h1-2,5,7-10,16H,3-4,6,11-15H2,(H,26,28,29). The van der Waals surface area contributed by atoms with E-state index in [9.17, 15) is 9.59 Å². The van der Waals surface area contributed by atoms with Crippen LogP contribution >= 0.6 is 0 Å². The molecule has 30 heavy (non-hydrogen) atoms. The second-order valence-corrected chi connectivity index (χ2v) is 8.27. The summed E-state index contributed by atoms with van der Waals surface area (Å²) in [5.74, 6) is 0.384. The van der Waals surface area contributed by atoms with E-state index in [2.05, 4.69) is 10.2 Å². The molecule has 0 radical (unpaired) electrons. The quantitative estimate of drug-likeness (QED) is 0.615. The second-order valence-electron chi connectivity index (χ2n) is 8.27. The number of nitrogens with zero attached hydrogens (tertiary/aromatic N) is 2. The Morgan fingerprint density at radius 2 is 1.83 bits per heavy atom. The fourth-order valence-corrected chi connectivity index (χ4v) is 4.61. The minimum Gasteiger partial charge on any atom is -0.465 e. The van der Waals surface area contributed by atoms with Gasteiger partial charge in [0.1, 0.15) is 5.75 Å². The van der Waals surface area contributed by atoms with Gasteiger partial charge in [0, 0.05) is 37.7 Å². The number of nitrogens with one attached hydrogen (secondary N) is 1. The maximum absolute atomic E-state index is 12.0. The Kier molecular flexibility index (Phi) is 4.87. The third-order valence-corrected chi connectivity index (χ3v) is 6.32. The monoisotopic (exact) mass is 403 g/mol. The number of amides is 2. The van der Waals surface area contributed by atoms with Crippen LogP contribution in [-0.2, 0) is 6.42 Å². The number of likely N-dealkylation sites (tertiary alicyclic amines) is 1. The van der Waals surface area contributed by atoms with Crippen LogP contribution in [0, 0.1) is 0 Å². The van der Waals surface area contributed by atoms with Crippen molar-refractivity contribution in [2.75, 3.05) is 19.6 Å². The molecule has 0 atom stereocenters. The largest absolute Gasteiger partial charge is 0.465 e. The molecule has 2 aromatic rings. The summed E-state index contributed by atoms with van der Waals surface area (Å²) in [5, 5.41) is 2.39. The Morgan fingerprint density at radius 1 is 1.00 bits per heavy atom. The van der Waals surface area contributed by atoms with Crippen LogP contribution in [0.25, 0.3) is 0 Å². The van der Waals surface area contributed by atoms with Crippen LogP contribution < -0.4 is 10.1 Å². The lowest BCUT2D eigenvalue weighted by Crippen LogP contribution is -2.48. The predicted molar refractivity (Wildman–Crippen MR) is 114 cm³/mol. The molecule has 3 heterocycles. The molecule has 6 nitrogen and oxygen atoms in total. The first-order valence-electron chi connectivity index (χ1n) is 10.7. The number of hydrogen-bond acceptors (Lipinski definition) is 5. The molecule has 1 saturated heterocycles. The van der Waals surface area contributed by atoms with E-state index in [4.69, 9.17) is 9.73 Å². The predicted octanol–water partition coefficient (Wildman–Crippen LogP) is 3.20. The molecule has 154 valence electrons. The molecule has 0 saturated carbocycles. The maximum atomic E-state index is 12.0. The van der Waals surface area contributed by atoms with Gasteiger partial charge in [-0.15, -0.1) is 0 Å². The van der Waals surface area contributed by atoms with E-state index in [0.717, 1.165) is 68.6 Å². The number of aryl methyl sites for hydroxylation is 1. The summed E-state index contributed by atoms with van der Waals surface area (Å²) >= 11 is 0. The Labute approximate surface area is 175 Å². The van der Waals surface area contributed by atoms with Gasteiger partial charge in [0.15, 0.2) is 0 Å². The highest BCUT2D eigenvalue weighted by atomic mass is 16.5. The molecule has 3 aliphatic heterocycles. The van der Waals surface area contributed by atoms with Crippen molar-refractivity contribution in [3.8, 4) is 5.75 Å². The molecule has 0 aromatic heterocycles. The summed E-state index contributed by atoms with van der Waals surface area (Å²) in [6.45, 7) is 2.96. The van der Waals surface area contributed by atoms with Gasteiger partial charge in [-0.25, -0.2) is 4.99 Å². The molecule has 1 spiro atoms. The lowest BCUT2D eigenvalue weighted by molar-refractivity contribution is 0.00623. The number of benzene rings is 2. The van der Waals surface area contributed by atoms with Gasteiger partial charge < -0.3 is 9.64 Å². The summed E-state index contributed by atoms with van der Waals surface area (Å²) < 4.78 is 6.26. The van der Waals surface area contributed by atoms with Crippen molar-refractivity contribution < 1.29 is 14.3 Å².